The Morgan fingerprint density at radius 3 is 2.11 bits per heavy atom. The highest BCUT2D eigenvalue weighted by Crippen LogP contribution is 2.64. The third-order valence-corrected chi connectivity index (χ3v) is 4.61. The number of hydrogen-bond acceptors (Lipinski definition) is 3. The molecule has 0 spiro atoms. The van der Waals surface area contributed by atoms with Gasteiger partial charge in [-0.25, -0.2) is 9.38 Å². The third kappa shape index (κ3) is 5.43. The Kier molecular flexibility index (Phi) is 6.81. The summed E-state index contributed by atoms with van der Waals surface area (Å²) in [6, 6.07) is 5.11. The van der Waals surface area contributed by atoms with Gasteiger partial charge in [-0.1, -0.05) is 39.8 Å². The Labute approximate surface area is 159 Å². The number of benzene rings is 1. The first-order chi connectivity index (χ1) is 12.6. The third-order valence-electron chi connectivity index (χ3n) is 4.61. The van der Waals surface area contributed by atoms with Crippen molar-refractivity contribution in [3.8, 4) is 0 Å². The van der Waals surface area contributed by atoms with Crippen LogP contribution in [0.3, 0.4) is 0 Å². The summed E-state index contributed by atoms with van der Waals surface area (Å²) in [6.45, 7) is 7.95. The molecule has 1 aromatic carbocycles. The van der Waals surface area contributed by atoms with Gasteiger partial charge in [-0.15, -0.1) is 0 Å². The molecule has 1 fully saturated rings. The molecule has 1 saturated carbocycles. The Balaban J connectivity index is 0.000000480. The first-order valence-corrected chi connectivity index (χ1v) is 8.37. The molecule has 0 aliphatic heterocycles. The second-order valence-electron chi connectivity index (χ2n) is 7.44. The molecule has 0 unspecified atom stereocenters. The molecule has 28 heavy (non-hydrogen) atoms. The number of guanidine groups is 1. The number of amides is 1. The minimum Gasteiger partial charge on any atom is -0.542 e. The molecule has 0 heterocycles. The summed E-state index contributed by atoms with van der Waals surface area (Å²) in [5, 5.41) is 8.78. The van der Waals surface area contributed by atoms with E-state index in [4.69, 9.17) is 21.4 Å². The number of carboxylic acids is 1. The Bertz CT molecular complexity index is 785. The molecule has 1 aliphatic carbocycles. The monoisotopic (exact) mass is 405 g/mol. The van der Waals surface area contributed by atoms with Crippen LogP contribution in [0.25, 0.3) is 0 Å². The largest absolute Gasteiger partial charge is 0.542 e. The zero-order valence-electron chi connectivity index (χ0n) is 15.9. The summed E-state index contributed by atoms with van der Waals surface area (Å²) in [4.78, 5) is 23.4. The number of nitrogens with one attached hydrogen (secondary N) is 1. The predicted octanol–water partition coefficient (Wildman–Crippen LogP) is -0.132. The molecular formula is C18H23F4N3O3. The fourth-order valence-electron chi connectivity index (χ4n) is 3.17. The van der Waals surface area contributed by atoms with Gasteiger partial charge < -0.3 is 9.90 Å². The number of rotatable bonds is 3. The van der Waals surface area contributed by atoms with Crippen molar-refractivity contribution >= 4 is 17.8 Å². The molecule has 0 saturated heterocycles. The van der Waals surface area contributed by atoms with Crippen molar-refractivity contribution in [2.75, 3.05) is 0 Å². The summed E-state index contributed by atoms with van der Waals surface area (Å²) in [5.74, 6) is -3.53. The maximum Gasteiger partial charge on any atom is 0.430 e. The van der Waals surface area contributed by atoms with Crippen molar-refractivity contribution in [2.45, 2.75) is 45.7 Å². The highest BCUT2D eigenvalue weighted by molar-refractivity contribution is 5.82. The van der Waals surface area contributed by atoms with Gasteiger partial charge in [0.05, 0.1) is 5.92 Å². The lowest BCUT2D eigenvalue weighted by Crippen LogP contribution is -2.82. The Hall–Kier alpha value is -2.65. The fourth-order valence-corrected chi connectivity index (χ4v) is 3.17. The van der Waals surface area contributed by atoms with Crippen LogP contribution < -0.4 is 21.6 Å². The number of aliphatic carboxylic acids is 1. The van der Waals surface area contributed by atoms with E-state index in [0.29, 0.717) is 5.56 Å². The van der Waals surface area contributed by atoms with Crippen LogP contribution in [0.2, 0.25) is 0 Å². The quantitative estimate of drug-likeness (QED) is 0.367. The Morgan fingerprint density at radius 1 is 1.21 bits per heavy atom. The molecule has 5 N–H and O–H groups in total. The molecule has 156 valence electrons. The van der Waals surface area contributed by atoms with Gasteiger partial charge in [0.2, 0.25) is 0 Å². The van der Waals surface area contributed by atoms with Gasteiger partial charge in [-0.3, -0.25) is 16.3 Å². The molecule has 1 amide bonds. The maximum absolute atomic E-state index is 13.8. The van der Waals surface area contributed by atoms with Gasteiger partial charge in [-0.2, -0.15) is 13.2 Å². The minimum atomic E-state index is -5.19. The van der Waals surface area contributed by atoms with Crippen molar-refractivity contribution in [2.24, 2.45) is 22.8 Å². The van der Waals surface area contributed by atoms with Gasteiger partial charge in [0, 0.05) is 5.92 Å². The Morgan fingerprint density at radius 2 is 1.71 bits per heavy atom. The first kappa shape index (κ1) is 23.4. The normalized spacial score (nSPS) is 20.0. The number of nitrogens with two attached hydrogens (primary N) is 2. The highest BCUT2D eigenvalue weighted by Gasteiger charge is 2.63. The van der Waals surface area contributed by atoms with E-state index in [2.05, 4.69) is 4.99 Å². The molecule has 0 bridgehead atoms. The zero-order valence-corrected chi connectivity index (χ0v) is 15.9. The van der Waals surface area contributed by atoms with E-state index in [9.17, 15) is 22.4 Å². The van der Waals surface area contributed by atoms with Crippen LogP contribution >= 0.6 is 0 Å². The van der Waals surface area contributed by atoms with Crippen molar-refractivity contribution in [1.82, 2.24) is 0 Å². The van der Waals surface area contributed by atoms with Gasteiger partial charge in [0.15, 0.2) is 0 Å². The summed E-state index contributed by atoms with van der Waals surface area (Å²) >= 11 is 0. The van der Waals surface area contributed by atoms with Gasteiger partial charge in [-0.05, 0) is 28.5 Å². The number of carbonyl (C=O) groups is 2. The average molecular weight is 405 g/mol. The van der Waals surface area contributed by atoms with E-state index >= 15 is 0 Å². The molecule has 2 rings (SSSR count). The number of carbonyl (C=O) groups excluding carboxylic acids is 2. The number of carboxylic acid groups (broad SMARTS) is 1. The summed E-state index contributed by atoms with van der Waals surface area (Å²) in [5.41, 5.74) is 12.1. The zero-order chi connectivity index (χ0) is 22.0. The van der Waals surface area contributed by atoms with Crippen molar-refractivity contribution in [3.05, 3.63) is 35.1 Å². The lowest BCUT2D eigenvalue weighted by Gasteiger charge is -2.10. The standard InChI is InChI=1S/C16H22FN3O.C2HF3O2/c1-8(2)10-7-9(5-6-11(10)17)12-13(16(12,3)4)14(21)20-15(18)19;3-2(4,5)1(6)7/h5-8,12-13H,1-4H3,(H4,18,19,20,21);(H,6,7)/t12-,13+;/m1./s1. The average Bonchev–Trinajstić information content (AvgIpc) is 3.09. The molecule has 1 aliphatic rings. The SMILES string of the molecule is CC(C)c1cc([C@@H]2[C@@H](C(=O)[NH+]=C(N)N)C2(C)C)ccc1F.O=C([O-])C(F)(F)F. The summed E-state index contributed by atoms with van der Waals surface area (Å²) in [6.07, 6.45) is -5.19. The van der Waals surface area contributed by atoms with Gasteiger partial charge in [0.1, 0.15) is 11.8 Å². The van der Waals surface area contributed by atoms with Crippen molar-refractivity contribution in [3.63, 3.8) is 0 Å². The molecular weight excluding hydrogens is 382 g/mol. The van der Waals surface area contributed by atoms with Crippen LogP contribution in [0.1, 0.15) is 50.7 Å². The van der Waals surface area contributed by atoms with Crippen LogP contribution in [0, 0.1) is 17.2 Å². The molecule has 1 aromatic rings. The fraction of sp³-hybridized carbons (Fsp3) is 0.500. The van der Waals surface area contributed by atoms with Crippen molar-refractivity contribution < 1.29 is 37.2 Å². The predicted molar refractivity (Wildman–Crippen MR) is 90.9 cm³/mol. The van der Waals surface area contributed by atoms with Crippen molar-refractivity contribution in [1.29, 1.82) is 0 Å². The van der Waals surface area contributed by atoms with E-state index in [1.807, 2.05) is 33.8 Å². The van der Waals surface area contributed by atoms with Crippen LogP contribution in [0.4, 0.5) is 17.6 Å². The number of alkyl halides is 3. The van der Waals surface area contributed by atoms with Gasteiger partial charge in [0.25, 0.3) is 5.91 Å². The smallest absolute Gasteiger partial charge is 0.430 e. The maximum atomic E-state index is 13.8. The van der Waals surface area contributed by atoms with Crippen LogP contribution in [0.5, 0.6) is 0 Å². The first-order valence-electron chi connectivity index (χ1n) is 8.37. The van der Waals surface area contributed by atoms with E-state index in [1.165, 1.54) is 6.07 Å². The molecule has 6 nitrogen and oxygen atoms in total. The summed E-state index contributed by atoms with van der Waals surface area (Å²) in [7, 11) is 0. The lowest BCUT2D eigenvalue weighted by molar-refractivity contribution is -0.382. The lowest BCUT2D eigenvalue weighted by atomic mass is 9.96. The van der Waals surface area contributed by atoms with E-state index in [0.717, 1.165) is 5.56 Å². The highest BCUT2D eigenvalue weighted by atomic mass is 19.4. The second kappa shape index (κ2) is 8.15. The van der Waals surface area contributed by atoms with Crippen LogP contribution in [-0.2, 0) is 9.59 Å². The molecule has 0 aromatic heterocycles. The number of halogens is 4. The molecule has 10 heteroatoms. The molecule has 2 atom stereocenters. The summed E-state index contributed by atoms with van der Waals surface area (Å²) < 4.78 is 45.4. The topological polar surface area (TPSA) is 123 Å². The van der Waals surface area contributed by atoms with E-state index in [-0.39, 0.29) is 40.9 Å². The van der Waals surface area contributed by atoms with Crippen LogP contribution in [0.15, 0.2) is 18.2 Å². The number of hydrogen-bond donors (Lipinski definition) is 3. The minimum absolute atomic E-state index is 0.0509. The molecule has 0 radical (unpaired) electrons. The van der Waals surface area contributed by atoms with Gasteiger partial charge >= 0.3 is 12.1 Å². The van der Waals surface area contributed by atoms with E-state index < -0.39 is 12.1 Å². The second-order valence-corrected chi connectivity index (χ2v) is 7.44. The van der Waals surface area contributed by atoms with Crippen LogP contribution in [-0.4, -0.2) is 24.0 Å². The van der Waals surface area contributed by atoms with E-state index in [1.54, 1.807) is 6.07 Å².